The van der Waals surface area contributed by atoms with Crippen molar-refractivity contribution < 1.29 is 0 Å². The van der Waals surface area contributed by atoms with Gasteiger partial charge in [-0.05, 0) is 25.1 Å². The second-order valence-corrected chi connectivity index (χ2v) is 2.85. The van der Waals surface area contributed by atoms with E-state index in [1.165, 1.54) is 4.88 Å². The molecule has 0 saturated carbocycles. The van der Waals surface area contributed by atoms with E-state index in [0.29, 0.717) is 0 Å². The zero-order valence-electron chi connectivity index (χ0n) is 5.37. The maximum Gasteiger partial charge on any atom is 0.0805 e. The SMILES string of the molecule is C=NC(C)c1cccs1. The van der Waals surface area contributed by atoms with Crippen molar-refractivity contribution in [1.29, 1.82) is 0 Å². The summed E-state index contributed by atoms with van der Waals surface area (Å²) in [6.07, 6.45) is 0. The molecule has 0 aliphatic carbocycles. The van der Waals surface area contributed by atoms with Gasteiger partial charge < -0.3 is 0 Å². The van der Waals surface area contributed by atoms with Crippen molar-refractivity contribution in [2.24, 2.45) is 4.99 Å². The van der Waals surface area contributed by atoms with Crippen molar-refractivity contribution >= 4 is 18.1 Å². The number of aliphatic imine (C=N–C) groups is 1. The molecular weight excluding hydrogens is 130 g/mol. The van der Waals surface area contributed by atoms with Gasteiger partial charge in [-0.15, -0.1) is 11.3 Å². The average Bonchev–Trinajstić information content (AvgIpc) is 2.37. The molecule has 0 fully saturated rings. The third-order valence-electron chi connectivity index (χ3n) is 1.23. The molecule has 1 unspecified atom stereocenters. The Hall–Kier alpha value is -0.630. The van der Waals surface area contributed by atoms with Gasteiger partial charge in [-0.2, -0.15) is 0 Å². The fourth-order valence-corrected chi connectivity index (χ4v) is 1.36. The Labute approximate surface area is 59.1 Å². The minimum Gasteiger partial charge on any atom is -0.292 e. The van der Waals surface area contributed by atoms with Gasteiger partial charge in [0.25, 0.3) is 0 Å². The van der Waals surface area contributed by atoms with Gasteiger partial charge in [0.2, 0.25) is 0 Å². The summed E-state index contributed by atoms with van der Waals surface area (Å²) < 4.78 is 0. The number of rotatable bonds is 2. The zero-order chi connectivity index (χ0) is 6.69. The van der Waals surface area contributed by atoms with Crippen LogP contribution in [0.4, 0.5) is 0 Å². The van der Waals surface area contributed by atoms with Gasteiger partial charge in [0.15, 0.2) is 0 Å². The van der Waals surface area contributed by atoms with Crippen LogP contribution in [-0.2, 0) is 0 Å². The highest BCUT2D eigenvalue weighted by Crippen LogP contribution is 2.20. The highest BCUT2D eigenvalue weighted by molar-refractivity contribution is 7.10. The maximum atomic E-state index is 3.89. The Morgan fingerprint density at radius 3 is 3.00 bits per heavy atom. The molecule has 0 aromatic carbocycles. The van der Waals surface area contributed by atoms with Gasteiger partial charge in [0.1, 0.15) is 0 Å². The summed E-state index contributed by atoms with van der Waals surface area (Å²) >= 11 is 1.72. The Morgan fingerprint density at radius 1 is 1.78 bits per heavy atom. The molecule has 0 spiro atoms. The van der Waals surface area contributed by atoms with Crippen molar-refractivity contribution in [2.45, 2.75) is 13.0 Å². The Kier molecular flexibility index (Phi) is 2.01. The van der Waals surface area contributed by atoms with Crippen molar-refractivity contribution in [3.05, 3.63) is 22.4 Å². The predicted octanol–water partition coefficient (Wildman–Crippen LogP) is 2.51. The molecule has 0 saturated heterocycles. The minimum absolute atomic E-state index is 0.269. The topological polar surface area (TPSA) is 12.4 Å². The van der Waals surface area contributed by atoms with Gasteiger partial charge in [-0.3, -0.25) is 4.99 Å². The van der Waals surface area contributed by atoms with E-state index in [-0.39, 0.29) is 6.04 Å². The first kappa shape index (κ1) is 6.49. The average molecular weight is 139 g/mol. The summed E-state index contributed by atoms with van der Waals surface area (Å²) in [4.78, 5) is 5.17. The molecule has 0 aliphatic heterocycles. The lowest BCUT2D eigenvalue weighted by molar-refractivity contribution is 0.849. The summed E-state index contributed by atoms with van der Waals surface area (Å²) in [6.45, 7) is 5.51. The van der Waals surface area contributed by atoms with Crippen LogP contribution in [0.3, 0.4) is 0 Å². The first-order valence-electron chi connectivity index (χ1n) is 2.84. The highest BCUT2D eigenvalue weighted by atomic mass is 32.1. The lowest BCUT2D eigenvalue weighted by Gasteiger charge is -1.97. The summed E-state index contributed by atoms with van der Waals surface area (Å²) in [5.74, 6) is 0. The van der Waals surface area contributed by atoms with E-state index in [2.05, 4.69) is 23.2 Å². The fourth-order valence-electron chi connectivity index (χ4n) is 0.619. The van der Waals surface area contributed by atoms with Crippen LogP contribution in [0.5, 0.6) is 0 Å². The molecule has 1 aromatic heterocycles. The standard InChI is InChI=1S/C7H9NS/c1-6(8-2)7-4-3-5-9-7/h3-6H,2H2,1H3. The highest BCUT2D eigenvalue weighted by Gasteiger charge is 1.99. The molecule has 1 atom stereocenters. The summed E-state index contributed by atoms with van der Waals surface area (Å²) in [5.41, 5.74) is 0. The second kappa shape index (κ2) is 2.78. The predicted molar refractivity (Wildman–Crippen MR) is 42.3 cm³/mol. The molecule has 0 amide bonds. The van der Waals surface area contributed by atoms with E-state index < -0.39 is 0 Å². The largest absolute Gasteiger partial charge is 0.292 e. The molecule has 9 heavy (non-hydrogen) atoms. The fraction of sp³-hybridized carbons (Fsp3) is 0.286. The third kappa shape index (κ3) is 1.39. The first-order chi connectivity index (χ1) is 4.34. The molecular formula is C7H9NS. The summed E-state index contributed by atoms with van der Waals surface area (Å²) in [6, 6.07) is 4.37. The number of hydrogen-bond donors (Lipinski definition) is 0. The van der Waals surface area contributed by atoms with Gasteiger partial charge in [0, 0.05) is 4.88 Å². The lowest BCUT2D eigenvalue weighted by Crippen LogP contribution is -1.80. The molecule has 1 heterocycles. The smallest absolute Gasteiger partial charge is 0.0805 e. The van der Waals surface area contributed by atoms with Crippen LogP contribution >= 0.6 is 11.3 Å². The Morgan fingerprint density at radius 2 is 2.56 bits per heavy atom. The van der Waals surface area contributed by atoms with Gasteiger partial charge in [-0.25, -0.2) is 0 Å². The second-order valence-electron chi connectivity index (χ2n) is 1.87. The van der Waals surface area contributed by atoms with Crippen LogP contribution in [-0.4, -0.2) is 6.72 Å². The molecule has 1 aromatic rings. The monoisotopic (exact) mass is 139 g/mol. The molecule has 1 rings (SSSR count). The van der Waals surface area contributed by atoms with E-state index in [1.54, 1.807) is 11.3 Å². The van der Waals surface area contributed by atoms with Crippen LogP contribution in [0.15, 0.2) is 22.5 Å². The molecule has 0 N–H and O–H groups in total. The lowest BCUT2D eigenvalue weighted by atomic mass is 10.3. The minimum atomic E-state index is 0.269. The number of thiophene rings is 1. The first-order valence-corrected chi connectivity index (χ1v) is 3.72. The van der Waals surface area contributed by atoms with Crippen LogP contribution in [0.25, 0.3) is 0 Å². The maximum absolute atomic E-state index is 3.89. The molecule has 2 heteroatoms. The zero-order valence-corrected chi connectivity index (χ0v) is 6.19. The Balaban J connectivity index is 2.76. The summed E-state index contributed by atoms with van der Waals surface area (Å²) in [5, 5.41) is 2.05. The quantitative estimate of drug-likeness (QED) is 0.558. The molecule has 0 bridgehead atoms. The van der Waals surface area contributed by atoms with Crippen molar-refractivity contribution in [2.75, 3.05) is 0 Å². The van der Waals surface area contributed by atoms with E-state index in [0.717, 1.165) is 0 Å². The van der Waals surface area contributed by atoms with Gasteiger partial charge in [0.05, 0.1) is 6.04 Å². The molecule has 0 radical (unpaired) electrons. The molecule has 48 valence electrons. The van der Waals surface area contributed by atoms with E-state index >= 15 is 0 Å². The number of nitrogens with zero attached hydrogens (tertiary/aromatic N) is 1. The van der Waals surface area contributed by atoms with Crippen molar-refractivity contribution in [1.82, 2.24) is 0 Å². The summed E-state index contributed by atoms with van der Waals surface area (Å²) in [7, 11) is 0. The van der Waals surface area contributed by atoms with Crippen molar-refractivity contribution in [3.8, 4) is 0 Å². The molecule has 0 aliphatic rings. The van der Waals surface area contributed by atoms with Crippen molar-refractivity contribution in [3.63, 3.8) is 0 Å². The Bertz CT molecular complexity index is 179. The van der Waals surface area contributed by atoms with Crippen LogP contribution in [0.2, 0.25) is 0 Å². The van der Waals surface area contributed by atoms with Gasteiger partial charge >= 0.3 is 0 Å². The molecule has 1 nitrogen and oxygen atoms in total. The van der Waals surface area contributed by atoms with Crippen LogP contribution in [0, 0.1) is 0 Å². The third-order valence-corrected chi connectivity index (χ3v) is 2.27. The van der Waals surface area contributed by atoms with Crippen LogP contribution < -0.4 is 0 Å². The van der Waals surface area contributed by atoms with E-state index in [1.807, 2.05) is 13.0 Å². The number of hydrogen-bond acceptors (Lipinski definition) is 2. The normalized spacial score (nSPS) is 13.0. The van der Waals surface area contributed by atoms with E-state index in [9.17, 15) is 0 Å². The van der Waals surface area contributed by atoms with Gasteiger partial charge in [-0.1, -0.05) is 6.07 Å². The van der Waals surface area contributed by atoms with E-state index in [4.69, 9.17) is 0 Å². The van der Waals surface area contributed by atoms with Crippen LogP contribution in [0.1, 0.15) is 17.8 Å².